The fraction of sp³-hybridized carbons (Fsp3) is 0.433. The van der Waals surface area contributed by atoms with Gasteiger partial charge < -0.3 is 14.4 Å². The summed E-state index contributed by atoms with van der Waals surface area (Å²) in [4.78, 5) is 24.2. The second-order valence-corrected chi connectivity index (χ2v) is 12.7. The number of nitrogens with zero attached hydrogens (tertiary/aromatic N) is 4. The number of rotatable bonds is 10. The predicted octanol–water partition coefficient (Wildman–Crippen LogP) is 4.44. The van der Waals surface area contributed by atoms with E-state index in [9.17, 15) is 13.2 Å². The van der Waals surface area contributed by atoms with E-state index in [-0.39, 0.29) is 30.4 Å². The summed E-state index contributed by atoms with van der Waals surface area (Å²) in [6.07, 6.45) is 6.88. The van der Waals surface area contributed by atoms with Crippen LogP contribution in [0.15, 0.2) is 55.0 Å². The number of carbonyl (C=O) groups excluding carboxylic acids is 1. The molecule has 1 saturated carbocycles. The van der Waals surface area contributed by atoms with Gasteiger partial charge in [-0.05, 0) is 80.1 Å². The molecule has 0 aliphatic heterocycles. The summed E-state index contributed by atoms with van der Waals surface area (Å²) in [5.74, 6) is 1.20. The first-order chi connectivity index (χ1) is 19.7. The maximum absolute atomic E-state index is 13.0. The molecule has 0 saturated heterocycles. The van der Waals surface area contributed by atoms with Gasteiger partial charge in [0.2, 0.25) is 10.0 Å². The number of hydrogen-bond donors (Lipinski definition) is 1. The van der Waals surface area contributed by atoms with Crippen molar-refractivity contribution in [3.05, 3.63) is 60.6 Å². The third-order valence-electron chi connectivity index (χ3n) is 8.27. The number of carbonyl (C=O) groups is 1. The first-order valence-electron chi connectivity index (χ1n) is 13.9. The molecule has 0 amide bonds. The van der Waals surface area contributed by atoms with Gasteiger partial charge in [0.25, 0.3) is 0 Å². The van der Waals surface area contributed by atoms with Gasteiger partial charge in [0.1, 0.15) is 23.5 Å². The Balaban J connectivity index is 1.23. The fourth-order valence-corrected chi connectivity index (χ4v) is 6.79. The minimum atomic E-state index is -3.21. The van der Waals surface area contributed by atoms with Gasteiger partial charge in [-0.15, -0.1) is 0 Å². The van der Waals surface area contributed by atoms with E-state index in [0.29, 0.717) is 5.65 Å². The lowest BCUT2D eigenvalue weighted by molar-refractivity contribution is -0.148. The lowest BCUT2D eigenvalue weighted by atomic mass is 9.86. The Kier molecular flexibility index (Phi) is 8.46. The largest absolute Gasteiger partial charge is 0.497 e. The number of esters is 1. The Bertz CT molecular complexity index is 1650. The molecule has 0 spiro atoms. The minimum absolute atomic E-state index is 0.0443. The quantitative estimate of drug-likeness (QED) is 0.274. The minimum Gasteiger partial charge on any atom is -0.497 e. The monoisotopic (exact) mass is 579 g/mol. The van der Waals surface area contributed by atoms with E-state index in [1.807, 2.05) is 67.2 Å². The average Bonchev–Trinajstić information content (AvgIpc) is 3.42. The molecular formula is C30H37N5O5S. The van der Waals surface area contributed by atoms with E-state index in [1.165, 1.54) is 13.4 Å². The number of hydrogen-bond acceptors (Lipinski definition) is 8. The Hall–Kier alpha value is -3.70. The smallest absolute Gasteiger partial charge is 0.314 e. The third kappa shape index (κ3) is 6.31. The third-order valence-corrected chi connectivity index (χ3v) is 9.80. The summed E-state index contributed by atoms with van der Waals surface area (Å²) in [7, 11) is 1.92. The Morgan fingerprint density at radius 2 is 1.83 bits per heavy atom. The molecular weight excluding hydrogens is 542 g/mol. The molecule has 1 atom stereocenters. The van der Waals surface area contributed by atoms with E-state index >= 15 is 0 Å². The van der Waals surface area contributed by atoms with Crippen molar-refractivity contribution in [2.45, 2.75) is 51.3 Å². The van der Waals surface area contributed by atoms with Crippen molar-refractivity contribution < 1.29 is 22.7 Å². The van der Waals surface area contributed by atoms with Crippen LogP contribution >= 0.6 is 0 Å². The molecule has 10 nitrogen and oxygen atoms in total. The van der Waals surface area contributed by atoms with Crippen molar-refractivity contribution in [2.24, 2.45) is 5.92 Å². The lowest BCUT2D eigenvalue weighted by Gasteiger charge is -2.35. The van der Waals surface area contributed by atoms with Crippen molar-refractivity contribution in [1.82, 2.24) is 19.3 Å². The van der Waals surface area contributed by atoms with E-state index in [2.05, 4.69) is 19.6 Å². The maximum atomic E-state index is 13.0. The average molecular weight is 580 g/mol. The van der Waals surface area contributed by atoms with Gasteiger partial charge in [0.05, 0.1) is 24.2 Å². The van der Waals surface area contributed by atoms with Crippen LogP contribution in [0.4, 0.5) is 5.82 Å². The van der Waals surface area contributed by atoms with Crippen molar-refractivity contribution in [1.29, 1.82) is 0 Å². The Morgan fingerprint density at radius 3 is 2.56 bits per heavy atom. The van der Waals surface area contributed by atoms with Gasteiger partial charge in [0.15, 0.2) is 6.73 Å². The van der Waals surface area contributed by atoms with E-state index < -0.39 is 15.9 Å². The summed E-state index contributed by atoms with van der Waals surface area (Å²) in [6, 6.07) is 14.0. The molecule has 0 radical (unpaired) electrons. The van der Waals surface area contributed by atoms with Crippen LogP contribution in [0.25, 0.3) is 21.8 Å². The van der Waals surface area contributed by atoms with Crippen LogP contribution in [0.1, 0.15) is 44.1 Å². The molecule has 0 unspecified atom stereocenters. The highest BCUT2D eigenvalue weighted by atomic mass is 32.2. The predicted molar refractivity (Wildman–Crippen MR) is 160 cm³/mol. The van der Waals surface area contributed by atoms with Crippen LogP contribution < -0.4 is 14.4 Å². The van der Waals surface area contributed by atoms with Crippen molar-refractivity contribution >= 4 is 43.6 Å². The number of methoxy groups -OCH3 is 1. The lowest BCUT2D eigenvalue weighted by Crippen LogP contribution is -2.38. The topological polar surface area (TPSA) is 116 Å². The molecule has 11 heteroatoms. The molecule has 5 rings (SSSR count). The second-order valence-electron chi connectivity index (χ2n) is 10.8. The van der Waals surface area contributed by atoms with Crippen LogP contribution in [0.3, 0.4) is 0 Å². The van der Waals surface area contributed by atoms with Crippen LogP contribution in [0.2, 0.25) is 0 Å². The normalized spacial score (nSPS) is 18.3. The SMILES string of the molecule is CNS(=O)(=O)C[C@H]1CC[C@H](N(C)c2ncnc3c2ccn3COC(=O)[C@@H](C)c2ccc3cc(OC)ccc3c2)CC1. The molecule has 4 aromatic rings. The molecule has 2 heterocycles. The number of ether oxygens (including phenoxy) is 2. The Labute approximate surface area is 240 Å². The maximum Gasteiger partial charge on any atom is 0.314 e. The second kappa shape index (κ2) is 12.0. The van der Waals surface area contributed by atoms with Crippen LogP contribution in [0, 0.1) is 5.92 Å². The van der Waals surface area contributed by atoms with Crippen LogP contribution in [-0.2, 0) is 26.3 Å². The first kappa shape index (κ1) is 28.8. The summed E-state index contributed by atoms with van der Waals surface area (Å²) in [6.45, 7) is 1.89. The molecule has 2 aromatic carbocycles. The highest BCUT2D eigenvalue weighted by Gasteiger charge is 2.28. The van der Waals surface area contributed by atoms with Gasteiger partial charge in [0, 0.05) is 19.3 Å². The van der Waals surface area contributed by atoms with Gasteiger partial charge in [-0.3, -0.25) is 9.36 Å². The van der Waals surface area contributed by atoms with Gasteiger partial charge in [-0.2, -0.15) is 0 Å². The fourth-order valence-electron chi connectivity index (χ4n) is 5.67. The summed E-state index contributed by atoms with van der Waals surface area (Å²) in [5.41, 5.74) is 1.57. The number of sulfonamides is 1. The Morgan fingerprint density at radius 1 is 1.10 bits per heavy atom. The standard InChI is InChI=1S/C30H37N5O5S/c1-20(22-7-8-24-16-26(39-4)12-9-23(24)15-22)30(36)40-19-35-14-13-27-28(32-18-33-29(27)35)34(3)25-10-5-21(6-11-25)17-41(37,38)31-2/h7-9,12-16,18,20-21,25,31H,5-6,10-11,17,19H2,1-4H3/t20-,21-,25-/m0/s1. The molecule has 0 bridgehead atoms. The molecule has 41 heavy (non-hydrogen) atoms. The highest BCUT2D eigenvalue weighted by Crippen LogP contribution is 2.33. The van der Waals surface area contributed by atoms with Gasteiger partial charge >= 0.3 is 5.97 Å². The molecule has 1 aliphatic carbocycles. The molecule has 218 valence electrons. The number of aromatic nitrogens is 3. The number of anilines is 1. The molecule has 2 aromatic heterocycles. The van der Waals surface area contributed by atoms with Crippen LogP contribution in [0.5, 0.6) is 5.75 Å². The first-order valence-corrected chi connectivity index (χ1v) is 15.5. The van der Waals surface area contributed by atoms with Gasteiger partial charge in [-0.25, -0.2) is 23.1 Å². The number of benzene rings is 2. The van der Waals surface area contributed by atoms with Gasteiger partial charge in [-0.1, -0.05) is 24.3 Å². The molecule has 1 N–H and O–H groups in total. The summed E-state index contributed by atoms with van der Waals surface area (Å²) in [5, 5.41) is 2.95. The van der Waals surface area contributed by atoms with Crippen molar-refractivity contribution in [2.75, 3.05) is 31.9 Å². The molecule has 1 aliphatic rings. The zero-order chi connectivity index (χ0) is 29.1. The van der Waals surface area contributed by atoms with Crippen LogP contribution in [-0.4, -0.2) is 61.9 Å². The highest BCUT2D eigenvalue weighted by molar-refractivity contribution is 7.89. The zero-order valence-electron chi connectivity index (χ0n) is 23.9. The van der Waals surface area contributed by atoms with Crippen molar-refractivity contribution in [3.8, 4) is 5.75 Å². The summed E-state index contributed by atoms with van der Waals surface area (Å²) >= 11 is 0. The van der Waals surface area contributed by atoms with Crippen molar-refractivity contribution in [3.63, 3.8) is 0 Å². The molecule has 1 fully saturated rings. The zero-order valence-corrected chi connectivity index (χ0v) is 24.7. The van der Waals surface area contributed by atoms with E-state index in [4.69, 9.17) is 9.47 Å². The number of fused-ring (bicyclic) bond motifs is 2. The summed E-state index contributed by atoms with van der Waals surface area (Å²) < 4.78 is 39.1. The number of nitrogens with one attached hydrogen (secondary N) is 1. The van der Waals surface area contributed by atoms with E-state index in [0.717, 1.165) is 59.0 Å². The van der Waals surface area contributed by atoms with E-state index in [1.54, 1.807) is 7.11 Å².